The number of nitrogens with zero attached hydrogens (tertiary/aromatic N) is 1. The van der Waals surface area contributed by atoms with E-state index < -0.39 is 18.0 Å². The van der Waals surface area contributed by atoms with E-state index in [0.717, 1.165) is 0 Å². The van der Waals surface area contributed by atoms with Crippen molar-refractivity contribution in [2.75, 3.05) is 12.4 Å². The molecule has 0 fully saturated rings. The second kappa shape index (κ2) is 9.31. The second-order valence-electron chi connectivity index (χ2n) is 7.25. The lowest BCUT2D eigenvalue weighted by atomic mass is 10.1. The molecule has 0 saturated heterocycles. The van der Waals surface area contributed by atoms with E-state index in [2.05, 4.69) is 10.3 Å². The molecule has 0 aliphatic rings. The minimum Gasteiger partial charge on any atom is -0.497 e. The molecule has 0 radical (unpaired) electrons. The Bertz CT molecular complexity index is 1270. The van der Waals surface area contributed by atoms with Crippen LogP contribution in [0.15, 0.2) is 84.9 Å². The van der Waals surface area contributed by atoms with Gasteiger partial charge in [0.25, 0.3) is 5.91 Å². The van der Waals surface area contributed by atoms with Crippen molar-refractivity contribution in [3.63, 3.8) is 0 Å². The van der Waals surface area contributed by atoms with Crippen LogP contribution >= 0.6 is 0 Å². The molecule has 4 aromatic rings. The first-order valence-electron chi connectivity index (χ1n) is 10.1. The van der Waals surface area contributed by atoms with E-state index in [1.165, 1.54) is 0 Å². The van der Waals surface area contributed by atoms with E-state index in [9.17, 15) is 9.59 Å². The van der Waals surface area contributed by atoms with Gasteiger partial charge < -0.3 is 14.8 Å². The number of carbonyl (C=O) groups excluding carboxylic acids is 2. The molecule has 0 saturated carbocycles. The van der Waals surface area contributed by atoms with Gasteiger partial charge in [-0.3, -0.25) is 9.78 Å². The summed E-state index contributed by atoms with van der Waals surface area (Å²) in [5.74, 6) is -0.455. The van der Waals surface area contributed by atoms with Gasteiger partial charge in [0, 0.05) is 28.4 Å². The molecule has 1 N–H and O–H groups in total. The van der Waals surface area contributed by atoms with Crippen molar-refractivity contribution in [1.82, 2.24) is 4.98 Å². The van der Waals surface area contributed by atoms with Crippen molar-refractivity contribution in [3.05, 3.63) is 102 Å². The number of amides is 1. The SMILES string of the molecule is COc1cccc(NC(=O)[C@@H](OC(=O)c2cc(C)nc3ccccc23)c2ccccc2)c1. The van der Waals surface area contributed by atoms with Crippen molar-refractivity contribution in [1.29, 1.82) is 0 Å². The summed E-state index contributed by atoms with van der Waals surface area (Å²) < 4.78 is 11.0. The molecule has 160 valence electrons. The molecule has 0 bridgehead atoms. The largest absolute Gasteiger partial charge is 0.497 e. The summed E-state index contributed by atoms with van der Waals surface area (Å²) in [5, 5.41) is 3.48. The van der Waals surface area contributed by atoms with Crippen LogP contribution in [0, 0.1) is 6.92 Å². The summed E-state index contributed by atoms with van der Waals surface area (Å²) in [6.45, 7) is 1.81. The number of ether oxygens (including phenoxy) is 2. The Labute approximate surface area is 185 Å². The van der Waals surface area contributed by atoms with Crippen molar-refractivity contribution in [2.45, 2.75) is 13.0 Å². The van der Waals surface area contributed by atoms with Crippen molar-refractivity contribution in [3.8, 4) is 5.75 Å². The van der Waals surface area contributed by atoms with E-state index in [-0.39, 0.29) is 0 Å². The molecule has 6 nitrogen and oxygen atoms in total. The highest BCUT2D eigenvalue weighted by Gasteiger charge is 2.27. The molecule has 0 aliphatic carbocycles. The average Bonchev–Trinajstić information content (AvgIpc) is 2.82. The normalized spacial score (nSPS) is 11.6. The van der Waals surface area contributed by atoms with Crippen LogP contribution in [0.3, 0.4) is 0 Å². The zero-order valence-corrected chi connectivity index (χ0v) is 17.7. The van der Waals surface area contributed by atoms with Gasteiger partial charge in [0.1, 0.15) is 5.75 Å². The predicted molar refractivity (Wildman–Crippen MR) is 123 cm³/mol. The van der Waals surface area contributed by atoms with Crippen molar-refractivity contribution in [2.24, 2.45) is 0 Å². The maximum absolute atomic E-state index is 13.2. The summed E-state index contributed by atoms with van der Waals surface area (Å²) in [5.41, 5.74) is 2.85. The van der Waals surface area contributed by atoms with Gasteiger partial charge in [-0.15, -0.1) is 0 Å². The monoisotopic (exact) mass is 426 g/mol. The number of para-hydroxylation sites is 1. The average molecular weight is 426 g/mol. The Morgan fingerprint density at radius 2 is 1.66 bits per heavy atom. The van der Waals surface area contributed by atoms with Crippen LogP contribution in [0.4, 0.5) is 5.69 Å². The number of esters is 1. The Morgan fingerprint density at radius 1 is 0.906 bits per heavy atom. The van der Waals surface area contributed by atoms with Crippen LogP contribution < -0.4 is 10.1 Å². The van der Waals surface area contributed by atoms with Gasteiger partial charge in [0.05, 0.1) is 18.2 Å². The third kappa shape index (κ3) is 4.59. The van der Waals surface area contributed by atoms with Crippen molar-refractivity contribution >= 4 is 28.5 Å². The fourth-order valence-corrected chi connectivity index (χ4v) is 3.46. The van der Waals surface area contributed by atoms with E-state index in [4.69, 9.17) is 9.47 Å². The number of rotatable bonds is 6. The van der Waals surface area contributed by atoms with E-state index >= 15 is 0 Å². The third-order valence-electron chi connectivity index (χ3n) is 4.97. The topological polar surface area (TPSA) is 77.5 Å². The zero-order valence-electron chi connectivity index (χ0n) is 17.7. The molecule has 32 heavy (non-hydrogen) atoms. The molecule has 1 heterocycles. The number of carbonyl (C=O) groups is 2. The van der Waals surface area contributed by atoms with Gasteiger partial charge >= 0.3 is 5.97 Å². The summed E-state index contributed by atoms with van der Waals surface area (Å²) in [6, 6.07) is 24.9. The third-order valence-corrected chi connectivity index (χ3v) is 4.97. The molecule has 1 amide bonds. The number of hydrogen-bond donors (Lipinski definition) is 1. The minimum atomic E-state index is -1.14. The molecule has 3 aromatic carbocycles. The number of pyridine rings is 1. The number of nitrogens with one attached hydrogen (secondary N) is 1. The number of aromatic nitrogens is 1. The first kappa shape index (κ1) is 21.1. The lowest BCUT2D eigenvalue weighted by Crippen LogP contribution is -2.26. The number of aryl methyl sites for hydroxylation is 1. The summed E-state index contributed by atoms with van der Waals surface area (Å²) in [7, 11) is 1.55. The van der Waals surface area contributed by atoms with Gasteiger partial charge in [0.2, 0.25) is 6.10 Å². The maximum Gasteiger partial charge on any atom is 0.340 e. The van der Waals surface area contributed by atoms with Crippen LogP contribution in [0.2, 0.25) is 0 Å². The lowest BCUT2D eigenvalue weighted by Gasteiger charge is -2.19. The smallest absolute Gasteiger partial charge is 0.340 e. The second-order valence-corrected chi connectivity index (χ2v) is 7.25. The molecule has 0 aliphatic heterocycles. The number of methoxy groups -OCH3 is 1. The van der Waals surface area contributed by atoms with Crippen LogP contribution in [0.25, 0.3) is 10.9 Å². The highest BCUT2D eigenvalue weighted by molar-refractivity contribution is 6.05. The number of fused-ring (bicyclic) bond motifs is 1. The summed E-state index contributed by atoms with van der Waals surface area (Å²) >= 11 is 0. The van der Waals surface area contributed by atoms with Crippen LogP contribution in [0.5, 0.6) is 5.75 Å². The predicted octanol–water partition coefficient (Wildman–Crippen LogP) is 5.09. The van der Waals surface area contributed by atoms with Crippen LogP contribution in [0.1, 0.15) is 27.7 Å². The van der Waals surface area contributed by atoms with Gasteiger partial charge in [-0.25, -0.2) is 4.79 Å². The molecule has 1 atom stereocenters. The Hall–Kier alpha value is -4.19. The maximum atomic E-state index is 13.2. The van der Waals surface area contributed by atoms with Gasteiger partial charge in [-0.05, 0) is 31.2 Å². The number of benzene rings is 3. The van der Waals surface area contributed by atoms with Gasteiger partial charge in [-0.2, -0.15) is 0 Å². The Balaban J connectivity index is 1.66. The molecule has 1 aromatic heterocycles. The van der Waals surface area contributed by atoms with E-state index in [0.29, 0.717) is 39.2 Å². The highest BCUT2D eigenvalue weighted by Crippen LogP contribution is 2.26. The molecule has 6 heteroatoms. The standard InChI is InChI=1S/C26H22N2O4/c1-17-15-22(21-13-6-7-14-23(21)27-17)26(30)32-24(18-9-4-3-5-10-18)25(29)28-19-11-8-12-20(16-19)31-2/h3-16,24H,1-2H3,(H,28,29)/t24-/m0/s1. The van der Waals surface area contributed by atoms with Crippen LogP contribution in [-0.4, -0.2) is 24.0 Å². The lowest BCUT2D eigenvalue weighted by molar-refractivity contribution is -0.125. The molecule has 0 unspecified atom stereocenters. The summed E-state index contributed by atoms with van der Waals surface area (Å²) in [6.07, 6.45) is -1.14. The number of hydrogen-bond acceptors (Lipinski definition) is 5. The fourth-order valence-electron chi connectivity index (χ4n) is 3.46. The van der Waals surface area contributed by atoms with E-state index in [1.54, 1.807) is 61.7 Å². The van der Waals surface area contributed by atoms with E-state index in [1.807, 2.05) is 37.3 Å². The molecule has 4 rings (SSSR count). The Kier molecular flexibility index (Phi) is 6.12. The Morgan fingerprint density at radius 3 is 2.44 bits per heavy atom. The van der Waals surface area contributed by atoms with Crippen molar-refractivity contribution < 1.29 is 19.1 Å². The molecular weight excluding hydrogens is 404 g/mol. The quantitative estimate of drug-likeness (QED) is 0.435. The molecule has 0 spiro atoms. The van der Waals surface area contributed by atoms with Gasteiger partial charge in [-0.1, -0.05) is 54.6 Å². The first-order chi connectivity index (χ1) is 15.5. The molecular formula is C26H22N2O4. The highest BCUT2D eigenvalue weighted by atomic mass is 16.5. The van der Waals surface area contributed by atoms with Gasteiger partial charge in [0.15, 0.2) is 0 Å². The summed E-state index contributed by atoms with van der Waals surface area (Å²) in [4.78, 5) is 30.8. The minimum absolute atomic E-state index is 0.364. The fraction of sp³-hybridized carbons (Fsp3) is 0.115. The number of anilines is 1. The first-order valence-corrected chi connectivity index (χ1v) is 10.1. The zero-order chi connectivity index (χ0) is 22.5. The van der Waals surface area contributed by atoms with Crippen LogP contribution in [-0.2, 0) is 9.53 Å².